The number of hydrogen-bond donors (Lipinski definition) is 0. The van der Waals surface area contributed by atoms with Crippen molar-refractivity contribution in [2.45, 2.75) is 76.3 Å². The minimum Gasteiger partial charge on any atom is -0.206 e. The second-order valence-corrected chi connectivity index (χ2v) is 9.75. The molecule has 4 atom stereocenters. The first-order valence-electron chi connectivity index (χ1n) is 11.3. The summed E-state index contributed by atoms with van der Waals surface area (Å²) in [7, 11) is 0. The largest absolute Gasteiger partial charge is 0.419 e. The van der Waals surface area contributed by atoms with Gasteiger partial charge in [0.15, 0.2) is 0 Å². The number of benzene rings is 1. The van der Waals surface area contributed by atoms with Gasteiger partial charge in [-0.3, -0.25) is 0 Å². The summed E-state index contributed by atoms with van der Waals surface area (Å²) >= 11 is 0. The van der Waals surface area contributed by atoms with Gasteiger partial charge in [-0.15, -0.1) is 6.58 Å². The van der Waals surface area contributed by atoms with E-state index in [-0.39, 0.29) is 5.92 Å². The van der Waals surface area contributed by atoms with Crippen molar-refractivity contribution in [3.63, 3.8) is 0 Å². The van der Waals surface area contributed by atoms with E-state index in [9.17, 15) is 17.6 Å². The van der Waals surface area contributed by atoms with Gasteiger partial charge in [0.2, 0.25) is 0 Å². The molecular formula is C25H32F4. The number of halogens is 4. The van der Waals surface area contributed by atoms with Crippen molar-refractivity contribution in [2.75, 3.05) is 0 Å². The Morgan fingerprint density at radius 3 is 2.00 bits per heavy atom. The van der Waals surface area contributed by atoms with Crippen molar-refractivity contribution in [1.82, 2.24) is 0 Å². The summed E-state index contributed by atoms with van der Waals surface area (Å²) in [6.45, 7) is 3.99. The van der Waals surface area contributed by atoms with Crippen LogP contribution in [0.2, 0.25) is 0 Å². The van der Waals surface area contributed by atoms with E-state index < -0.39 is 17.6 Å². The Morgan fingerprint density at radius 1 is 0.793 bits per heavy atom. The Balaban J connectivity index is 1.32. The summed E-state index contributed by atoms with van der Waals surface area (Å²) in [6.07, 6.45) is 9.73. The third-order valence-electron chi connectivity index (χ3n) is 8.24. The van der Waals surface area contributed by atoms with Crippen LogP contribution in [0.5, 0.6) is 0 Å². The van der Waals surface area contributed by atoms with E-state index >= 15 is 0 Å². The van der Waals surface area contributed by atoms with Gasteiger partial charge in [-0.25, -0.2) is 4.39 Å². The molecule has 3 aliphatic rings. The van der Waals surface area contributed by atoms with Crippen LogP contribution in [0.1, 0.15) is 81.3 Å². The molecule has 0 nitrogen and oxygen atoms in total. The van der Waals surface area contributed by atoms with Crippen molar-refractivity contribution in [2.24, 2.45) is 29.6 Å². The Labute approximate surface area is 171 Å². The van der Waals surface area contributed by atoms with Crippen LogP contribution in [-0.4, -0.2) is 0 Å². The summed E-state index contributed by atoms with van der Waals surface area (Å²) in [5, 5.41) is 0. The van der Waals surface area contributed by atoms with Crippen LogP contribution in [0.15, 0.2) is 30.9 Å². The SMILES string of the molecule is C=CC1CCC2CC(C3CCC(c4ccc(C(F)(F)F)c(F)c4)CC3)CCC2C1. The maximum absolute atomic E-state index is 14.0. The Kier molecular flexibility index (Phi) is 6.09. The second kappa shape index (κ2) is 8.43. The predicted molar refractivity (Wildman–Crippen MR) is 108 cm³/mol. The molecule has 0 aliphatic heterocycles. The number of alkyl halides is 3. The average Bonchev–Trinajstić information content (AvgIpc) is 2.72. The lowest BCUT2D eigenvalue weighted by Gasteiger charge is -2.45. The van der Waals surface area contributed by atoms with Crippen LogP contribution in [0, 0.1) is 35.4 Å². The van der Waals surface area contributed by atoms with Gasteiger partial charge in [0, 0.05) is 0 Å². The second-order valence-electron chi connectivity index (χ2n) is 9.75. The first-order valence-corrected chi connectivity index (χ1v) is 11.3. The Morgan fingerprint density at radius 2 is 1.38 bits per heavy atom. The van der Waals surface area contributed by atoms with Crippen molar-refractivity contribution in [3.05, 3.63) is 47.8 Å². The molecule has 4 unspecified atom stereocenters. The normalized spacial score (nSPS) is 35.7. The van der Waals surface area contributed by atoms with Gasteiger partial charge >= 0.3 is 6.18 Å². The van der Waals surface area contributed by atoms with E-state index in [4.69, 9.17) is 0 Å². The molecule has 3 fully saturated rings. The fourth-order valence-corrected chi connectivity index (χ4v) is 6.54. The van der Waals surface area contributed by atoms with Crippen molar-refractivity contribution in [1.29, 1.82) is 0 Å². The van der Waals surface area contributed by atoms with Crippen LogP contribution in [0.3, 0.4) is 0 Å². The molecule has 160 valence electrons. The summed E-state index contributed by atoms with van der Waals surface area (Å²) in [5.74, 6) is 3.09. The van der Waals surface area contributed by atoms with Gasteiger partial charge in [-0.2, -0.15) is 13.2 Å². The highest BCUT2D eigenvalue weighted by molar-refractivity contribution is 5.29. The molecule has 0 aromatic heterocycles. The Hall–Kier alpha value is -1.32. The summed E-state index contributed by atoms with van der Waals surface area (Å²) < 4.78 is 52.3. The lowest BCUT2D eigenvalue weighted by atomic mass is 9.61. The van der Waals surface area contributed by atoms with E-state index in [1.54, 1.807) is 0 Å². The zero-order valence-corrected chi connectivity index (χ0v) is 17.1. The first-order chi connectivity index (χ1) is 13.8. The summed E-state index contributed by atoms with van der Waals surface area (Å²) in [4.78, 5) is 0. The van der Waals surface area contributed by atoms with Crippen molar-refractivity contribution >= 4 is 0 Å². The van der Waals surface area contributed by atoms with Crippen molar-refractivity contribution in [3.8, 4) is 0 Å². The lowest BCUT2D eigenvalue weighted by Crippen LogP contribution is -2.34. The molecule has 0 heterocycles. The summed E-state index contributed by atoms with van der Waals surface area (Å²) in [6, 6.07) is 3.52. The van der Waals surface area contributed by atoms with Crippen LogP contribution >= 0.6 is 0 Å². The molecule has 4 rings (SSSR count). The van der Waals surface area contributed by atoms with Crippen LogP contribution in [-0.2, 0) is 6.18 Å². The third-order valence-corrected chi connectivity index (χ3v) is 8.24. The van der Waals surface area contributed by atoms with E-state index in [0.29, 0.717) is 5.92 Å². The highest BCUT2D eigenvalue weighted by Gasteiger charge is 2.39. The topological polar surface area (TPSA) is 0 Å². The first kappa shape index (κ1) is 20.9. The number of hydrogen-bond acceptors (Lipinski definition) is 0. The molecule has 0 bridgehead atoms. The lowest BCUT2D eigenvalue weighted by molar-refractivity contribution is -0.140. The molecule has 3 saturated carbocycles. The van der Waals surface area contributed by atoms with E-state index in [0.717, 1.165) is 67.1 Å². The standard InChI is InChI=1S/C25H32F4/c1-2-16-3-4-21-14-20(10-9-19(21)13-16)17-5-7-18(8-6-17)22-11-12-23(24(26)15-22)25(27,28)29/h2,11-12,15-21H,1,3-10,13-14H2. The van der Waals surface area contributed by atoms with E-state index in [2.05, 4.69) is 12.7 Å². The third kappa shape index (κ3) is 4.56. The maximum atomic E-state index is 14.0. The monoisotopic (exact) mass is 408 g/mol. The maximum Gasteiger partial charge on any atom is 0.419 e. The zero-order valence-electron chi connectivity index (χ0n) is 17.1. The van der Waals surface area contributed by atoms with Crippen LogP contribution in [0.25, 0.3) is 0 Å². The van der Waals surface area contributed by atoms with E-state index in [1.807, 2.05) is 0 Å². The molecule has 0 spiro atoms. The van der Waals surface area contributed by atoms with Gasteiger partial charge in [-0.1, -0.05) is 12.1 Å². The number of rotatable bonds is 3. The Bertz CT molecular complexity index is 714. The molecule has 0 amide bonds. The smallest absolute Gasteiger partial charge is 0.206 e. The molecule has 1 aromatic carbocycles. The van der Waals surface area contributed by atoms with E-state index in [1.165, 1.54) is 44.6 Å². The molecule has 3 aliphatic carbocycles. The molecule has 0 saturated heterocycles. The predicted octanol–water partition coefficient (Wildman–Crippen LogP) is 8.14. The molecular weight excluding hydrogens is 376 g/mol. The molecule has 0 N–H and O–H groups in total. The molecule has 1 aromatic rings. The minimum atomic E-state index is -4.62. The van der Waals surface area contributed by atoms with Crippen molar-refractivity contribution < 1.29 is 17.6 Å². The number of allylic oxidation sites excluding steroid dienone is 1. The molecule has 4 heteroatoms. The molecule has 29 heavy (non-hydrogen) atoms. The van der Waals surface area contributed by atoms with Crippen LogP contribution < -0.4 is 0 Å². The highest BCUT2D eigenvalue weighted by Crippen LogP contribution is 2.50. The van der Waals surface area contributed by atoms with Gasteiger partial charge in [-0.05, 0) is 117 Å². The van der Waals surface area contributed by atoms with Gasteiger partial charge in [0.1, 0.15) is 5.82 Å². The quantitative estimate of drug-likeness (QED) is 0.350. The average molecular weight is 409 g/mol. The minimum absolute atomic E-state index is 0.197. The molecule has 0 radical (unpaired) electrons. The van der Waals surface area contributed by atoms with Gasteiger partial charge in [0.25, 0.3) is 0 Å². The highest BCUT2D eigenvalue weighted by atomic mass is 19.4. The number of fused-ring (bicyclic) bond motifs is 1. The summed E-state index contributed by atoms with van der Waals surface area (Å²) in [5.41, 5.74) is -0.418. The fraction of sp³-hybridized carbons (Fsp3) is 0.680. The van der Waals surface area contributed by atoms with Gasteiger partial charge in [0.05, 0.1) is 5.56 Å². The van der Waals surface area contributed by atoms with Crippen LogP contribution in [0.4, 0.5) is 17.6 Å². The van der Waals surface area contributed by atoms with Gasteiger partial charge < -0.3 is 0 Å². The zero-order chi connectivity index (χ0) is 20.6. The fourth-order valence-electron chi connectivity index (χ4n) is 6.54.